The van der Waals surface area contributed by atoms with Crippen LogP contribution >= 0.6 is 0 Å². The molecule has 0 aromatic rings. The molecule has 0 aliphatic heterocycles. The zero-order chi connectivity index (χ0) is 15.3. The third kappa shape index (κ3) is 7.59. The molecular weight excluding hydrogens is 264 g/mol. The van der Waals surface area contributed by atoms with Crippen molar-refractivity contribution in [1.29, 1.82) is 0 Å². The first-order valence-corrected chi connectivity index (χ1v) is 8.78. The topological polar surface area (TPSA) is 33.7 Å². The van der Waals surface area contributed by atoms with Gasteiger partial charge in [0.1, 0.15) is 0 Å². The molecule has 0 aromatic heterocycles. The van der Waals surface area contributed by atoms with Crippen LogP contribution in [0.4, 0.5) is 0 Å². The van der Waals surface area contributed by atoms with Crippen molar-refractivity contribution in [1.82, 2.24) is 10.2 Å². The third-order valence-corrected chi connectivity index (χ3v) is 4.54. The Bertz CT molecular complexity index is 239. The number of ether oxygens (including phenoxy) is 2. The Morgan fingerprint density at radius 1 is 0.952 bits per heavy atom. The molecule has 4 heteroatoms. The van der Waals surface area contributed by atoms with Crippen molar-refractivity contribution < 1.29 is 9.47 Å². The van der Waals surface area contributed by atoms with Gasteiger partial charge in [-0.2, -0.15) is 0 Å². The molecule has 2 atom stereocenters. The summed E-state index contributed by atoms with van der Waals surface area (Å²) in [6.07, 6.45) is 9.25. The van der Waals surface area contributed by atoms with E-state index in [1.807, 2.05) is 0 Å². The Balaban J connectivity index is 2.64. The molecule has 0 bridgehead atoms. The van der Waals surface area contributed by atoms with Crippen molar-refractivity contribution >= 4 is 0 Å². The van der Waals surface area contributed by atoms with Crippen LogP contribution in [0, 0.1) is 0 Å². The van der Waals surface area contributed by atoms with E-state index in [9.17, 15) is 0 Å². The van der Waals surface area contributed by atoms with Crippen molar-refractivity contribution in [2.45, 2.75) is 64.0 Å². The first-order valence-electron chi connectivity index (χ1n) is 8.78. The van der Waals surface area contributed by atoms with Gasteiger partial charge in [-0.1, -0.05) is 32.6 Å². The first kappa shape index (κ1) is 18.9. The van der Waals surface area contributed by atoms with E-state index in [1.165, 1.54) is 38.5 Å². The van der Waals surface area contributed by atoms with Crippen molar-refractivity contribution in [3.05, 3.63) is 0 Å². The highest BCUT2D eigenvalue weighted by atomic mass is 16.5. The summed E-state index contributed by atoms with van der Waals surface area (Å²) in [4.78, 5) is 2.64. The second kappa shape index (κ2) is 12.4. The summed E-state index contributed by atoms with van der Waals surface area (Å²) < 4.78 is 10.6. The Labute approximate surface area is 131 Å². The van der Waals surface area contributed by atoms with Crippen LogP contribution in [-0.4, -0.2) is 64.1 Å². The average molecular weight is 300 g/mol. The van der Waals surface area contributed by atoms with E-state index in [0.717, 1.165) is 39.3 Å². The molecule has 1 N–H and O–H groups in total. The molecule has 1 saturated carbocycles. The van der Waals surface area contributed by atoms with Crippen LogP contribution in [0.25, 0.3) is 0 Å². The summed E-state index contributed by atoms with van der Waals surface area (Å²) in [7, 11) is 3.59. The molecule has 21 heavy (non-hydrogen) atoms. The molecule has 0 spiro atoms. The molecule has 0 aromatic carbocycles. The molecule has 1 rings (SSSR count). The molecule has 1 aliphatic carbocycles. The third-order valence-electron chi connectivity index (χ3n) is 4.54. The Morgan fingerprint density at radius 2 is 1.67 bits per heavy atom. The van der Waals surface area contributed by atoms with Crippen molar-refractivity contribution in [2.24, 2.45) is 0 Å². The lowest BCUT2D eigenvalue weighted by Crippen LogP contribution is -2.51. The zero-order valence-corrected chi connectivity index (χ0v) is 14.4. The Kier molecular flexibility index (Phi) is 11.1. The normalized spacial score (nSPS) is 24.0. The van der Waals surface area contributed by atoms with Gasteiger partial charge in [0, 0.05) is 46.0 Å². The SMILES string of the molecule is CCNC1CCCCCCC1N(CCCOC)CCOC. The predicted octanol–water partition coefficient (Wildman–Crippen LogP) is 2.67. The molecule has 0 heterocycles. The minimum absolute atomic E-state index is 0.634. The maximum Gasteiger partial charge on any atom is 0.0589 e. The summed E-state index contributed by atoms with van der Waals surface area (Å²) in [5.74, 6) is 0. The number of likely N-dealkylation sites (N-methyl/N-ethyl adjacent to an activating group) is 1. The van der Waals surface area contributed by atoms with Crippen LogP contribution in [0.15, 0.2) is 0 Å². The van der Waals surface area contributed by atoms with E-state index in [1.54, 1.807) is 14.2 Å². The molecule has 2 unspecified atom stereocenters. The lowest BCUT2D eigenvalue weighted by atomic mass is 9.91. The number of methoxy groups -OCH3 is 2. The zero-order valence-electron chi connectivity index (χ0n) is 14.4. The van der Waals surface area contributed by atoms with E-state index < -0.39 is 0 Å². The van der Waals surface area contributed by atoms with Gasteiger partial charge in [-0.3, -0.25) is 4.90 Å². The quantitative estimate of drug-likeness (QED) is 0.629. The minimum atomic E-state index is 0.634. The minimum Gasteiger partial charge on any atom is -0.385 e. The van der Waals surface area contributed by atoms with E-state index in [4.69, 9.17) is 9.47 Å². The highest BCUT2D eigenvalue weighted by Gasteiger charge is 2.27. The standard InChI is InChI=1S/C17H36N2O2/c1-4-18-16-10-7-5-6-8-11-17(16)19(13-15-21-3)12-9-14-20-2/h16-18H,4-15H2,1-3H3. The van der Waals surface area contributed by atoms with Gasteiger partial charge in [-0.15, -0.1) is 0 Å². The van der Waals surface area contributed by atoms with Crippen molar-refractivity contribution in [3.8, 4) is 0 Å². The van der Waals surface area contributed by atoms with Crippen molar-refractivity contribution in [2.75, 3.05) is 47.1 Å². The fourth-order valence-corrected chi connectivity index (χ4v) is 3.47. The van der Waals surface area contributed by atoms with Gasteiger partial charge < -0.3 is 14.8 Å². The summed E-state index contributed by atoms with van der Waals surface area (Å²) in [6, 6.07) is 1.28. The first-order chi connectivity index (χ1) is 10.3. The molecule has 126 valence electrons. The summed E-state index contributed by atoms with van der Waals surface area (Å²) in [5, 5.41) is 3.74. The largest absolute Gasteiger partial charge is 0.385 e. The van der Waals surface area contributed by atoms with Crippen LogP contribution in [-0.2, 0) is 9.47 Å². The Hall–Kier alpha value is -0.160. The van der Waals surface area contributed by atoms with Gasteiger partial charge in [-0.25, -0.2) is 0 Å². The lowest BCUT2D eigenvalue weighted by Gasteiger charge is -2.39. The fraction of sp³-hybridized carbons (Fsp3) is 1.00. The number of hydrogen-bond donors (Lipinski definition) is 1. The van der Waals surface area contributed by atoms with Gasteiger partial charge >= 0.3 is 0 Å². The number of nitrogens with zero attached hydrogens (tertiary/aromatic N) is 1. The molecular formula is C17H36N2O2. The van der Waals surface area contributed by atoms with Gasteiger partial charge in [0.05, 0.1) is 6.61 Å². The Morgan fingerprint density at radius 3 is 2.33 bits per heavy atom. The van der Waals surface area contributed by atoms with Crippen LogP contribution in [0.2, 0.25) is 0 Å². The predicted molar refractivity (Wildman–Crippen MR) is 88.9 cm³/mol. The van der Waals surface area contributed by atoms with E-state index in [2.05, 4.69) is 17.1 Å². The molecule has 1 aliphatic rings. The molecule has 1 fully saturated rings. The average Bonchev–Trinajstić information content (AvgIpc) is 2.47. The van der Waals surface area contributed by atoms with E-state index in [0.29, 0.717) is 12.1 Å². The summed E-state index contributed by atoms with van der Waals surface area (Å²) in [5.41, 5.74) is 0. The summed E-state index contributed by atoms with van der Waals surface area (Å²) in [6.45, 7) is 7.11. The molecule has 0 amide bonds. The molecule has 4 nitrogen and oxygen atoms in total. The monoisotopic (exact) mass is 300 g/mol. The van der Waals surface area contributed by atoms with Crippen LogP contribution < -0.4 is 5.32 Å². The maximum atomic E-state index is 5.33. The highest BCUT2D eigenvalue weighted by molar-refractivity contribution is 4.86. The van der Waals surface area contributed by atoms with Crippen LogP contribution in [0.5, 0.6) is 0 Å². The molecule has 0 radical (unpaired) electrons. The van der Waals surface area contributed by atoms with Gasteiger partial charge in [0.15, 0.2) is 0 Å². The van der Waals surface area contributed by atoms with Crippen LogP contribution in [0.3, 0.4) is 0 Å². The van der Waals surface area contributed by atoms with Gasteiger partial charge in [-0.05, 0) is 25.8 Å². The highest BCUT2D eigenvalue weighted by Crippen LogP contribution is 2.22. The van der Waals surface area contributed by atoms with Crippen molar-refractivity contribution in [3.63, 3.8) is 0 Å². The smallest absolute Gasteiger partial charge is 0.0589 e. The lowest BCUT2D eigenvalue weighted by molar-refractivity contribution is 0.0806. The number of rotatable bonds is 10. The van der Waals surface area contributed by atoms with Crippen LogP contribution in [0.1, 0.15) is 51.9 Å². The van der Waals surface area contributed by atoms with E-state index in [-0.39, 0.29) is 0 Å². The van der Waals surface area contributed by atoms with Gasteiger partial charge in [0.25, 0.3) is 0 Å². The van der Waals surface area contributed by atoms with E-state index >= 15 is 0 Å². The van der Waals surface area contributed by atoms with Gasteiger partial charge in [0.2, 0.25) is 0 Å². The number of hydrogen-bond acceptors (Lipinski definition) is 4. The molecule has 0 saturated heterocycles. The maximum absolute atomic E-state index is 5.33. The fourth-order valence-electron chi connectivity index (χ4n) is 3.47. The number of nitrogens with one attached hydrogen (secondary N) is 1. The summed E-state index contributed by atoms with van der Waals surface area (Å²) >= 11 is 0. The second-order valence-corrected chi connectivity index (χ2v) is 6.10. The second-order valence-electron chi connectivity index (χ2n) is 6.10.